The second kappa shape index (κ2) is 4.92. The fraction of sp³-hybridized carbons (Fsp3) is 0.467. The predicted octanol–water partition coefficient (Wildman–Crippen LogP) is 3.41. The van der Waals surface area contributed by atoms with Gasteiger partial charge in [0.25, 0.3) is 0 Å². The van der Waals surface area contributed by atoms with Gasteiger partial charge in [-0.25, -0.2) is 0 Å². The van der Waals surface area contributed by atoms with Gasteiger partial charge in [0.2, 0.25) is 5.91 Å². The Kier molecular flexibility index (Phi) is 3.50. The number of ketones is 1. The van der Waals surface area contributed by atoms with Gasteiger partial charge in [-0.05, 0) is 44.0 Å². The molecule has 0 aliphatic heterocycles. The van der Waals surface area contributed by atoms with Crippen LogP contribution in [-0.4, -0.2) is 11.7 Å². The number of nitrogens with one attached hydrogen (secondary N) is 1. The van der Waals surface area contributed by atoms with Crippen molar-refractivity contribution in [3.05, 3.63) is 29.8 Å². The summed E-state index contributed by atoms with van der Waals surface area (Å²) in [6.07, 6.45) is 4.19. The molecule has 1 N–H and O–H groups in total. The third-order valence-electron chi connectivity index (χ3n) is 3.80. The third kappa shape index (κ3) is 2.61. The maximum Gasteiger partial charge on any atom is 0.230 e. The van der Waals surface area contributed by atoms with Crippen molar-refractivity contribution >= 4 is 17.4 Å². The Balaban J connectivity index is 2.05. The zero-order chi connectivity index (χ0) is 13.2. The van der Waals surface area contributed by atoms with Crippen molar-refractivity contribution in [3.8, 4) is 0 Å². The van der Waals surface area contributed by atoms with Gasteiger partial charge in [0, 0.05) is 16.7 Å². The molecule has 1 amide bonds. The number of carbonyl (C=O) groups excluding carboxylic acids is 2. The SMILES string of the molecule is CC(=O)c1ccc(NC(=O)C2(C)CCCC2)cc1. The van der Waals surface area contributed by atoms with Crippen molar-refractivity contribution in [1.29, 1.82) is 0 Å². The van der Waals surface area contributed by atoms with Crippen LogP contribution in [-0.2, 0) is 4.79 Å². The molecule has 2 rings (SSSR count). The zero-order valence-electron chi connectivity index (χ0n) is 11.0. The minimum atomic E-state index is -0.223. The van der Waals surface area contributed by atoms with Crippen molar-refractivity contribution in [3.63, 3.8) is 0 Å². The van der Waals surface area contributed by atoms with Crippen molar-refractivity contribution < 1.29 is 9.59 Å². The number of hydrogen-bond donors (Lipinski definition) is 1. The van der Waals surface area contributed by atoms with Crippen LogP contribution in [0, 0.1) is 5.41 Å². The topological polar surface area (TPSA) is 46.2 Å². The largest absolute Gasteiger partial charge is 0.326 e. The molecule has 1 aromatic rings. The van der Waals surface area contributed by atoms with Crippen LogP contribution < -0.4 is 5.32 Å². The first-order valence-electron chi connectivity index (χ1n) is 6.44. The van der Waals surface area contributed by atoms with Crippen molar-refractivity contribution in [2.45, 2.75) is 39.5 Å². The zero-order valence-corrected chi connectivity index (χ0v) is 11.0. The van der Waals surface area contributed by atoms with Gasteiger partial charge in [0.1, 0.15) is 0 Å². The Morgan fingerprint density at radius 1 is 1.11 bits per heavy atom. The highest BCUT2D eigenvalue weighted by Gasteiger charge is 2.36. The van der Waals surface area contributed by atoms with Crippen molar-refractivity contribution in [2.24, 2.45) is 5.41 Å². The van der Waals surface area contributed by atoms with E-state index in [4.69, 9.17) is 0 Å². The normalized spacial score (nSPS) is 17.4. The second-order valence-corrected chi connectivity index (χ2v) is 5.36. The van der Waals surface area contributed by atoms with Crippen LogP contribution in [0.25, 0.3) is 0 Å². The maximum atomic E-state index is 12.2. The Hall–Kier alpha value is -1.64. The van der Waals surface area contributed by atoms with E-state index in [1.807, 2.05) is 6.92 Å². The number of Topliss-reactive ketones (excluding diaryl/α,β-unsaturated/α-hetero) is 1. The van der Waals surface area contributed by atoms with Gasteiger partial charge in [0.15, 0.2) is 5.78 Å². The molecule has 0 atom stereocenters. The minimum absolute atomic E-state index is 0.0376. The first-order valence-corrected chi connectivity index (χ1v) is 6.44. The van der Waals surface area contributed by atoms with Crippen molar-refractivity contribution in [1.82, 2.24) is 0 Å². The van der Waals surface area contributed by atoms with E-state index in [-0.39, 0.29) is 17.1 Å². The minimum Gasteiger partial charge on any atom is -0.326 e. The van der Waals surface area contributed by atoms with E-state index in [1.54, 1.807) is 24.3 Å². The lowest BCUT2D eigenvalue weighted by Crippen LogP contribution is -2.30. The monoisotopic (exact) mass is 245 g/mol. The molecule has 0 saturated heterocycles. The predicted molar refractivity (Wildman–Crippen MR) is 71.7 cm³/mol. The third-order valence-corrected chi connectivity index (χ3v) is 3.80. The molecule has 1 aliphatic carbocycles. The average Bonchev–Trinajstić information content (AvgIpc) is 2.78. The van der Waals surface area contributed by atoms with Gasteiger partial charge < -0.3 is 5.32 Å². The van der Waals surface area contributed by atoms with E-state index in [1.165, 1.54) is 6.92 Å². The Labute approximate surface area is 108 Å². The fourth-order valence-corrected chi connectivity index (χ4v) is 2.45. The first-order chi connectivity index (χ1) is 8.51. The molecule has 1 saturated carbocycles. The molecule has 1 aliphatic rings. The lowest BCUT2D eigenvalue weighted by molar-refractivity contribution is -0.124. The lowest BCUT2D eigenvalue weighted by atomic mass is 9.88. The molecule has 0 radical (unpaired) electrons. The molecule has 0 bridgehead atoms. The Bertz CT molecular complexity index is 456. The van der Waals surface area contributed by atoms with Crippen LogP contribution in [0.2, 0.25) is 0 Å². The Morgan fingerprint density at radius 3 is 2.17 bits per heavy atom. The number of amides is 1. The summed E-state index contributed by atoms with van der Waals surface area (Å²) in [5.74, 6) is 0.131. The standard InChI is InChI=1S/C15H19NO2/c1-11(17)12-5-7-13(8-6-12)16-14(18)15(2)9-3-4-10-15/h5-8H,3-4,9-10H2,1-2H3,(H,16,18). The maximum absolute atomic E-state index is 12.2. The molecule has 1 aromatic carbocycles. The first kappa shape index (κ1) is 12.8. The molecule has 0 unspecified atom stereocenters. The number of benzene rings is 1. The van der Waals surface area contributed by atoms with E-state index < -0.39 is 0 Å². The van der Waals surface area contributed by atoms with Crippen LogP contribution in [0.3, 0.4) is 0 Å². The van der Waals surface area contributed by atoms with E-state index in [0.29, 0.717) is 5.56 Å². The van der Waals surface area contributed by atoms with Gasteiger partial charge >= 0.3 is 0 Å². The summed E-state index contributed by atoms with van der Waals surface area (Å²) in [7, 11) is 0. The number of anilines is 1. The second-order valence-electron chi connectivity index (χ2n) is 5.36. The van der Waals surface area contributed by atoms with Crippen LogP contribution in [0.1, 0.15) is 49.9 Å². The van der Waals surface area contributed by atoms with Crippen LogP contribution in [0.4, 0.5) is 5.69 Å². The van der Waals surface area contributed by atoms with Crippen LogP contribution >= 0.6 is 0 Å². The van der Waals surface area contributed by atoms with Crippen LogP contribution in [0.5, 0.6) is 0 Å². The summed E-state index contributed by atoms with van der Waals surface area (Å²) in [4.78, 5) is 23.3. The molecule has 1 fully saturated rings. The van der Waals surface area contributed by atoms with Crippen molar-refractivity contribution in [2.75, 3.05) is 5.32 Å². The summed E-state index contributed by atoms with van der Waals surface area (Å²) in [6.45, 7) is 3.56. The fourth-order valence-electron chi connectivity index (χ4n) is 2.45. The van der Waals surface area contributed by atoms with E-state index in [9.17, 15) is 9.59 Å². The molecular formula is C15H19NO2. The quantitative estimate of drug-likeness (QED) is 0.829. The number of rotatable bonds is 3. The molecule has 3 nitrogen and oxygen atoms in total. The molecule has 18 heavy (non-hydrogen) atoms. The highest BCUT2D eigenvalue weighted by molar-refractivity contribution is 5.97. The molecule has 3 heteroatoms. The number of hydrogen-bond acceptors (Lipinski definition) is 2. The highest BCUT2D eigenvalue weighted by Crippen LogP contribution is 2.38. The van der Waals surface area contributed by atoms with Gasteiger partial charge in [-0.2, -0.15) is 0 Å². The molecule has 96 valence electrons. The van der Waals surface area contributed by atoms with E-state index >= 15 is 0 Å². The Morgan fingerprint density at radius 2 is 1.67 bits per heavy atom. The number of carbonyl (C=O) groups is 2. The smallest absolute Gasteiger partial charge is 0.230 e. The van der Waals surface area contributed by atoms with Gasteiger partial charge in [-0.3, -0.25) is 9.59 Å². The molecule has 0 heterocycles. The summed E-state index contributed by atoms with van der Waals surface area (Å²) >= 11 is 0. The summed E-state index contributed by atoms with van der Waals surface area (Å²) < 4.78 is 0. The molecule has 0 aromatic heterocycles. The van der Waals surface area contributed by atoms with Gasteiger partial charge in [-0.15, -0.1) is 0 Å². The lowest BCUT2D eigenvalue weighted by Gasteiger charge is -2.22. The summed E-state index contributed by atoms with van der Waals surface area (Å²) in [6, 6.07) is 7.06. The highest BCUT2D eigenvalue weighted by atomic mass is 16.2. The van der Waals surface area contributed by atoms with E-state index in [0.717, 1.165) is 31.4 Å². The van der Waals surface area contributed by atoms with Crippen LogP contribution in [0.15, 0.2) is 24.3 Å². The average molecular weight is 245 g/mol. The summed E-state index contributed by atoms with van der Waals surface area (Å²) in [5, 5.41) is 2.94. The van der Waals surface area contributed by atoms with E-state index in [2.05, 4.69) is 5.32 Å². The molecular weight excluding hydrogens is 226 g/mol. The summed E-state index contributed by atoms with van der Waals surface area (Å²) in [5.41, 5.74) is 1.21. The van der Waals surface area contributed by atoms with Gasteiger partial charge in [-0.1, -0.05) is 19.8 Å². The van der Waals surface area contributed by atoms with Gasteiger partial charge in [0.05, 0.1) is 0 Å². The molecule has 0 spiro atoms.